The lowest BCUT2D eigenvalue weighted by molar-refractivity contribution is -0.133. The standard InChI is InChI=1S/C13H18BrNO2/c1-9-5-11(14)6-10(2)13(9)15-7-12-3-4-16-8-17-12/h5-6,12,15H,3-4,7-8H2,1-2H3. The minimum Gasteiger partial charge on any atom is -0.382 e. The van der Waals surface area contributed by atoms with Crippen LogP contribution in [-0.4, -0.2) is 26.0 Å². The zero-order valence-electron chi connectivity index (χ0n) is 10.3. The minimum absolute atomic E-state index is 0.256. The van der Waals surface area contributed by atoms with Crippen molar-refractivity contribution in [3.8, 4) is 0 Å². The van der Waals surface area contributed by atoms with E-state index >= 15 is 0 Å². The molecule has 0 spiro atoms. The lowest BCUT2D eigenvalue weighted by atomic mass is 10.1. The summed E-state index contributed by atoms with van der Waals surface area (Å²) in [6, 6.07) is 4.25. The second kappa shape index (κ2) is 5.85. The van der Waals surface area contributed by atoms with E-state index in [2.05, 4.69) is 47.2 Å². The Kier molecular flexibility index (Phi) is 4.42. The number of benzene rings is 1. The van der Waals surface area contributed by atoms with Gasteiger partial charge in [-0.15, -0.1) is 0 Å². The maximum Gasteiger partial charge on any atom is 0.147 e. The molecule has 1 aromatic rings. The predicted octanol–water partition coefficient (Wildman–Crippen LogP) is 3.24. The molecule has 1 unspecified atom stereocenters. The molecule has 1 heterocycles. The third-order valence-electron chi connectivity index (χ3n) is 2.98. The third kappa shape index (κ3) is 3.44. The molecule has 0 aliphatic carbocycles. The van der Waals surface area contributed by atoms with Crippen LogP contribution in [0.1, 0.15) is 17.5 Å². The highest BCUT2D eigenvalue weighted by Gasteiger charge is 2.14. The van der Waals surface area contributed by atoms with E-state index in [1.807, 2.05) is 0 Å². The fraction of sp³-hybridized carbons (Fsp3) is 0.538. The smallest absolute Gasteiger partial charge is 0.147 e. The second-order valence-electron chi connectivity index (χ2n) is 4.40. The van der Waals surface area contributed by atoms with Crippen LogP contribution in [0.4, 0.5) is 5.69 Å². The summed E-state index contributed by atoms with van der Waals surface area (Å²) in [6.45, 7) is 6.29. The zero-order chi connectivity index (χ0) is 12.3. The van der Waals surface area contributed by atoms with Crippen LogP contribution < -0.4 is 5.32 Å². The Labute approximate surface area is 111 Å². The highest BCUT2D eigenvalue weighted by molar-refractivity contribution is 9.10. The number of anilines is 1. The van der Waals surface area contributed by atoms with Gasteiger partial charge in [0.25, 0.3) is 0 Å². The first kappa shape index (κ1) is 12.9. The van der Waals surface area contributed by atoms with Gasteiger partial charge in [0.1, 0.15) is 6.79 Å². The maximum atomic E-state index is 5.51. The molecule has 1 fully saturated rings. The Morgan fingerprint density at radius 1 is 1.35 bits per heavy atom. The van der Waals surface area contributed by atoms with Crippen molar-refractivity contribution in [1.29, 1.82) is 0 Å². The van der Waals surface area contributed by atoms with Crippen molar-refractivity contribution in [2.24, 2.45) is 0 Å². The molecule has 0 aromatic heterocycles. The average molecular weight is 300 g/mol. The molecule has 1 aliphatic heterocycles. The average Bonchev–Trinajstić information content (AvgIpc) is 2.29. The van der Waals surface area contributed by atoms with Crippen LogP contribution in [0.25, 0.3) is 0 Å². The molecule has 1 atom stereocenters. The fourth-order valence-electron chi connectivity index (χ4n) is 2.07. The van der Waals surface area contributed by atoms with Crippen molar-refractivity contribution < 1.29 is 9.47 Å². The normalized spacial score (nSPS) is 20.3. The van der Waals surface area contributed by atoms with E-state index in [1.165, 1.54) is 16.8 Å². The SMILES string of the molecule is Cc1cc(Br)cc(C)c1NCC1CCOCO1. The highest BCUT2D eigenvalue weighted by atomic mass is 79.9. The molecule has 0 amide bonds. The summed E-state index contributed by atoms with van der Waals surface area (Å²) in [4.78, 5) is 0. The highest BCUT2D eigenvalue weighted by Crippen LogP contribution is 2.25. The number of halogens is 1. The zero-order valence-corrected chi connectivity index (χ0v) is 11.8. The number of hydrogen-bond acceptors (Lipinski definition) is 3. The summed E-state index contributed by atoms with van der Waals surface area (Å²) in [5.41, 5.74) is 3.72. The molecule has 1 saturated heterocycles. The van der Waals surface area contributed by atoms with Crippen LogP contribution in [-0.2, 0) is 9.47 Å². The Morgan fingerprint density at radius 2 is 2.06 bits per heavy atom. The van der Waals surface area contributed by atoms with Gasteiger partial charge >= 0.3 is 0 Å². The van der Waals surface area contributed by atoms with E-state index in [0.717, 1.165) is 24.0 Å². The van der Waals surface area contributed by atoms with Crippen LogP contribution in [0.3, 0.4) is 0 Å². The van der Waals surface area contributed by atoms with Gasteiger partial charge in [-0.3, -0.25) is 0 Å². The summed E-state index contributed by atoms with van der Waals surface area (Å²) in [5.74, 6) is 0. The third-order valence-corrected chi connectivity index (χ3v) is 3.43. The largest absolute Gasteiger partial charge is 0.382 e. The molecule has 1 aromatic carbocycles. The molecule has 2 rings (SSSR count). The van der Waals surface area contributed by atoms with Crippen LogP contribution in [0, 0.1) is 13.8 Å². The Balaban J connectivity index is 1.98. The lowest BCUT2D eigenvalue weighted by Gasteiger charge is -2.24. The van der Waals surface area contributed by atoms with E-state index < -0.39 is 0 Å². The molecule has 4 heteroatoms. The monoisotopic (exact) mass is 299 g/mol. The van der Waals surface area contributed by atoms with Gasteiger partial charge in [-0.2, -0.15) is 0 Å². The minimum atomic E-state index is 0.256. The van der Waals surface area contributed by atoms with Crippen LogP contribution in [0.2, 0.25) is 0 Å². The Bertz CT molecular complexity index is 366. The van der Waals surface area contributed by atoms with Crippen molar-refractivity contribution in [2.45, 2.75) is 26.4 Å². The molecule has 17 heavy (non-hydrogen) atoms. The predicted molar refractivity (Wildman–Crippen MR) is 72.4 cm³/mol. The lowest BCUT2D eigenvalue weighted by Crippen LogP contribution is -2.30. The number of nitrogens with one attached hydrogen (secondary N) is 1. The number of hydrogen-bond donors (Lipinski definition) is 1. The summed E-state index contributed by atoms with van der Waals surface area (Å²) >= 11 is 3.51. The van der Waals surface area contributed by atoms with Crippen molar-refractivity contribution in [2.75, 3.05) is 25.3 Å². The first-order valence-electron chi connectivity index (χ1n) is 5.87. The van der Waals surface area contributed by atoms with Crippen molar-refractivity contribution in [1.82, 2.24) is 0 Å². The molecule has 0 bridgehead atoms. The van der Waals surface area contributed by atoms with Crippen molar-refractivity contribution in [3.63, 3.8) is 0 Å². The van der Waals surface area contributed by atoms with Crippen LogP contribution in [0.5, 0.6) is 0 Å². The first-order valence-corrected chi connectivity index (χ1v) is 6.66. The van der Waals surface area contributed by atoms with Gasteiger partial charge in [0, 0.05) is 16.7 Å². The van der Waals surface area contributed by atoms with Gasteiger partial charge < -0.3 is 14.8 Å². The summed E-state index contributed by atoms with van der Waals surface area (Å²) < 4.78 is 11.8. The molecule has 1 N–H and O–H groups in total. The van der Waals surface area contributed by atoms with Gasteiger partial charge in [-0.1, -0.05) is 15.9 Å². The fourth-order valence-corrected chi connectivity index (χ4v) is 2.75. The van der Waals surface area contributed by atoms with E-state index in [9.17, 15) is 0 Å². The topological polar surface area (TPSA) is 30.5 Å². The molecule has 3 nitrogen and oxygen atoms in total. The second-order valence-corrected chi connectivity index (χ2v) is 5.31. The van der Waals surface area contributed by atoms with Crippen LogP contribution >= 0.6 is 15.9 Å². The van der Waals surface area contributed by atoms with Gasteiger partial charge in [0.15, 0.2) is 0 Å². The molecule has 0 radical (unpaired) electrons. The summed E-state index contributed by atoms with van der Waals surface area (Å²) in [5, 5.41) is 3.48. The van der Waals surface area contributed by atoms with Crippen molar-refractivity contribution in [3.05, 3.63) is 27.7 Å². The number of aryl methyl sites for hydroxylation is 2. The molecule has 1 aliphatic rings. The van der Waals surface area contributed by atoms with E-state index in [4.69, 9.17) is 9.47 Å². The van der Waals surface area contributed by atoms with Crippen LogP contribution in [0.15, 0.2) is 16.6 Å². The molecular weight excluding hydrogens is 282 g/mol. The first-order chi connectivity index (χ1) is 8.16. The quantitative estimate of drug-likeness (QED) is 0.929. The van der Waals surface area contributed by atoms with E-state index in [1.54, 1.807) is 0 Å². The van der Waals surface area contributed by atoms with Crippen molar-refractivity contribution >= 4 is 21.6 Å². The van der Waals surface area contributed by atoms with Gasteiger partial charge in [-0.05, 0) is 43.5 Å². The van der Waals surface area contributed by atoms with Gasteiger partial charge in [-0.25, -0.2) is 0 Å². The molecule has 0 saturated carbocycles. The van der Waals surface area contributed by atoms with Gasteiger partial charge in [0.05, 0.1) is 12.7 Å². The summed E-state index contributed by atoms with van der Waals surface area (Å²) in [6.07, 6.45) is 1.22. The van der Waals surface area contributed by atoms with E-state index in [-0.39, 0.29) is 6.10 Å². The molecule has 94 valence electrons. The summed E-state index contributed by atoms with van der Waals surface area (Å²) in [7, 11) is 0. The van der Waals surface area contributed by atoms with E-state index in [0.29, 0.717) is 6.79 Å². The number of rotatable bonds is 3. The Morgan fingerprint density at radius 3 is 2.65 bits per heavy atom. The maximum absolute atomic E-state index is 5.51. The number of ether oxygens (including phenoxy) is 2. The van der Waals surface area contributed by atoms with Gasteiger partial charge in [0.2, 0.25) is 0 Å². The Hall–Kier alpha value is -0.580. The molecular formula is C13H18BrNO2.